The fourth-order valence-electron chi connectivity index (χ4n) is 2.43. The van der Waals surface area contributed by atoms with Crippen molar-refractivity contribution in [1.82, 2.24) is 9.80 Å². The van der Waals surface area contributed by atoms with Crippen LogP contribution in [0.4, 0.5) is 0 Å². The summed E-state index contributed by atoms with van der Waals surface area (Å²) in [5.74, 6) is 0.388. The van der Waals surface area contributed by atoms with E-state index in [1.165, 1.54) is 0 Å². The summed E-state index contributed by atoms with van der Waals surface area (Å²) in [5, 5.41) is 0. The quantitative estimate of drug-likeness (QED) is 0.897. The van der Waals surface area contributed by atoms with Gasteiger partial charge in [0.25, 0.3) is 5.91 Å². The Morgan fingerprint density at radius 2 is 1.67 bits per heavy atom. The van der Waals surface area contributed by atoms with Crippen molar-refractivity contribution in [3.05, 3.63) is 35.9 Å². The number of piperazine rings is 1. The van der Waals surface area contributed by atoms with Gasteiger partial charge in [-0.2, -0.15) is 0 Å². The molecule has 1 heterocycles. The third-order valence-electron chi connectivity index (χ3n) is 3.87. The van der Waals surface area contributed by atoms with Crippen LogP contribution in [0.2, 0.25) is 0 Å². The number of carbonyl (C=O) groups excluding carboxylic acids is 2. The van der Waals surface area contributed by atoms with Gasteiger partial charge < -0.3 is 15.5 Å². The normalized spacial score (nSPS) is 16.7. The Morgan fingerprint density at radius 1 is 1.10 bits per heavy atom. The molecule has 2 amide bonds. The van der Waals surface area contributed by atoms with E-state index in [9.17, 15) is 9.59 Å². The second kappa shape index (κ2) is 7.22. The Labute approximate surface area is 125 Å². The zero-order chi connectivity index (χ0) is 15.2. The second-order valence-electron chi connectivity index (χ2n) is 5.58. The van der Waals surface area contributed by atoms with E-state index in [4.69, 9.17) is 5.73 Å². The van der Waals surface area contributed by atoms with E-state index in [2.05, 4.69) is 0 Å². The minimum absolute atomic E-state index is 0.0398. The molecule has 2 N–H and O–H groups in total. The van der Waals surface area contributed by atoms with Crippen LogP contribution in [0, 0.1) is 5.92 Å². The van der Waals surface area contributed by atoms with Crippen LogP contribution < -0.4 is 5.73 Å². The summed E-state index contributed by atoms with van der Waals surface area (Å²) < 4.78 is 0. The Hall–Kier alpha value is -1.88. The highest BCUT2D eigenvalue weighted by atomic mass is 16.2. The molecule has 1 aromatic carbocycles. The van der Waals surface area contributed by atoms with Crippen LogP contribution in [-0.4, -0.2) is 54.3 Å². The Morgan fingerprint density at radius 3 is 2.24 bits per heavy atom. The Balaban J connectivity index is 1.86. The SMILES string of the molecule is CC(CN)CC(=O)N1CCN(C(=O)c2ccccc2)CC1. The van der Waals surface area contributed by atoms with Crippen molar-refractivity contribution < 1.29 is 9.59 Å². The molecule has 2 rings (SSSR count). The maximum absolute atomic E-state index is 12.3. The van der Waals surface area contributed by atoms with Gasteiger partial charge in [-0.15, -0.1) is 0 Å². The van der Waals surface area contributed by atoms with Crippen molar-refractivity contribution in [1.29, 1.82) is 0 Å². The molecule has 0 radical (unpaired) electrons. The van der Waals surface area contributed by atoms with E-state index in [0.717, 1.165) is 0 Å². The van der Waals surface area contributed by atoms with E-state index >= 15 is 0 Å². The van der Waals surface area contributed by atoms with Gasteiger partial charge in [-0.3, -0.25) is 9.59 Å². The van der Waals surface area contributed by atoms with Gasteiger partial charge in [-0.05, 0) is 24.6 Å². The molecule has 1 saturated heterocycles. The monoisotopic (exact) mass is 289 g/mol. The summed E-state index contributed by atoms with van der Waals surface area (Å²) in [6.45, 7) is 4.90. The number of benzene rings is 1. The van der Waals surface area contributed by atoms with E-state index in [-0.39, 0.29) is 17.7 Å². The molecule has 5 nitrogen and oxygen atoms in total. The standard InChI is InChI=1S/C16H23N3O2/c1-13(12-17)11-15(20)18-7-9-19(10-8-18)16(21)14-5-3-2-4-6-14/h2-6,13H,7-12,17H2,1H3. The summed E-state index contributed by atoms with van der Waals surface area (Å²) in [6, 6.07) is 9.26. The largest absolute Gasteiger partial charge is 0.339 e. The van der Waals surface area contributed by atoms with Crippen molar-refractivity contribution >= 4 is 11.8 Å². The molecule has 1 unspecified atom stereocenters. The van der Waals surface area contributed by atoms with Crippen LogP contribution in [-0.2, 0) is 4.79 Å². The average molecular weight is 289 g/mol. The van der Waals surface area contributed by atoms with Crippen LogP contribution in [0.3, 0.4) is 0 Å². The molecule has 5 heteroatoms. The highest BCUT2D eigenvalue weighted by Gasteiger charge is 2.25. The maximum atomic E-state index is 12.3. The van der Waals surface area contributed by atoms with E-state index in [1.54, 1.807) is 0 Å². The number of nitrogens with two attached hydrogens (primary N) is 1. The minimum Gasteiger partial charge on any atom is -0.339 e. The summed E-state index contributed by atoms with van der Waals surface area (Å²) in [6.07, 6.45) is 0.489. The summed E-state index contributed by atoms with van der Waals surface area (Å²) >= 11 is 0. The first-order valence-corrected chi connectivity index (χ1v) is 7.44. The van der Waals surface area contributed by atoms with Gasteiger partial charge in [-0.1, -0.05) is 25.1 Å². The molecular formula is C16H23N3O2. The topological polar surface area (TPSA) is 66.6 Å². The summed E-state index contributed by atoms with van der Waals surface area (Å²) in [7, 11) is 0. The fraction of sp³-hybridized carbons (Fsp3) is 0.500. The zero-order valence-corrected chi connectivity index (χ0v) is 12.5. The molecular weight excluding hydrogens is 266 g/mol. The maximum Gasteiger partial charge on any atom is 0.253 e. The number of carbonyl (C=O) groups is 2. The number of nitrogens with zero attached hydrogens (tertiary/aromatic N) is 2. The van der Waals surface area contributed by atoms with Gasteiger partial charge in [0, 0.05) is 38.2 Å². The lowest BCUT2D eigenvalue weighted by Crippen LogP contribution is -2.50. The van der Waals surface area contributed by atoms with Crippen LogP contribution >= 0.6 is 0 Å². The van der Waals surface area contributed by atoms with E-state index in [0.29, 0.717) is 44.7 Å². The first-order valence-electron chi connectivity index (χ1n) is 7.44. The first-order chi connectivity index (χ1) is 10.1. The van der Waals surface area contributed by atoms with Crippen LogP contribution in [0.15, 0.2) is 30.3 Å². The zero-order valence-electron chi connectivity index (χ0n) is 12.5. The minimum atomic E-state index is 0.0398. The number of hydrogen-bond donors (Lipinski definition) is 1. The molecule has 0 saturated carbocycles. The molecule has 21 heavy (non-hydrogen) atoms. The van der Waals surface area contributed by atoms with Crippen molar-refractivity contribution in [2.45, 2.75) is 13.3 Å². The highest BCUT2D eigenvalue weighted by molar-refractivity contribution is 5.94. The average Bonchev–Trinajstić information content (AvgIpc) is 2.55. The molecule has 0 aromatic heterocycles. The fourth-order valence-corrected chi connectivity index (χ4v) is 2.43. The van der Waals surface area contributed by atoms with Gasteiger partial charge in [0.15, 0.2) is 0 Å². The molecule has 1 aliphatic rings. The van der Waals surface area contributed by atoms with Crippen molar-refractivity contribution in [2.24, 2.45) is 11.7 Å². The molecule has 1 atom stereocenters. The summed E-state index contributed by atoms with van der Waals surface area (Å²) in [5.41, 5.74) is 6.26. The molecule has 114 valence electrons. The number of hydrogen-bond acceptors (Lipinski definition) is 3. The second-order valence-corrected chi connectivity index (χ2v) is 5.58. The predicted octanol–water partition coefficient (Wildman–Crippen LogP) is 0.956. The lowest BCUT2D eigenvalue weighted by molar-refractivity contribution is -0.133. The Kier molecular flexibility index (Phi) is 5.33. The smallest absolute Gasteiger partial charge is 0.253 e. The molecule has 1 aliphatic heterocycles. The third-order valence-corrected chi connectivity index (χ3v) is 3.87. The molecule has 1 fully saturated rings. The van der Waals surface area contributed by atoms with Crippen LogP contribution in [0.1, 0.15) is 23.7 Å². The van der Waals surface area contributed by atoms with E-state index < -0.39 is 0 Å². The van der Waals surface area contributed by atoms with Gasteiger partial charge in [0.1, 0.15) is 0 Å². The number of rotatable bonds is 4. The van der Waals surface area contributed by atoms with Crippen LogP contribution in [0.25, 0.3) is 0 Å². The van der Waals surface area contributed by atoms with Gasteiger partial charge in [-0.25, -0.2) is 0 Å². The van der Waals surface area contributed by atoms with Crippen molar-refractivity contribution in [2.75, 3.05) is 32.7 Å². The van der Waals surface area contributed by atoms with E-state index in [1.807, 2.05) is 47.1 Å². The van der Waals surface area contributed by atoms with Crippen LogP contribution in [0.5, 0.6) is 0 Å². The first kappa shape index (κ1) is 15.5. The van der Waals surface area contributed by atoms with Gasteiger partial charge >= 0.3 is 0 Å². The number of amides is 2. The third kappa shape index (κ3) is 4.04. The molecule has 1 aromatic rings. The van der Waals surface area contributed by atoms with Gasteiger partial charge in [0.05, 0.1) is 0 Å². The molecule has 0 bridgehead atoms. The van der Waals surface area contributed by atoms with Crippen molar-refractivity contribution in [3.8, 4) is 0 Å². The summed E-state index contributed by atoms with van der Waals surface area (Å²) in [4.78, 5) is 28.0. The lowest BCUT2D eigenvalue weighted by Gasteiger charge is -2.35. The van der Waals surface area contributed by atoms with Crippen molar-refractivity contribution in [3.63, 3.8) is 0 Å². The molecule has 0 aliphatic carbocycles. The van der Waals surface area contributed by atoms with Gasteiger partial charge in [0.2, 0.25) is 5.91 Å². The highest BCUT2D eigenvalue weighted by Crippen LogP contribution is 2.11. The Bertz CT molecular complexity index is 482. The lowest BCUT2D eigenvalue weighted by atomic mass is 10.1. The predicted molar refractivity (Wildman–Crippen MR) is 81.8 cm³/mol. The molecule has 0 spiro atoms.